The first-order chi connectivity index (χ1) is 13.9. The second-order valence-electron chi connectivity index (χ2n) is 5.88. The van der Waals surface area contributed by atoms with Gasteiger partial charge in [-0.05, 0) is 30.3 Å². The number of aromatic amines is 1. The summed E-state index contributed by atoms with van der Waals surface area (Å²) >= 11 is 6.86. The number of carbonyl (C=O) groups is 2. The van der Waals surface area contributed by atoms with E-state index in [1.165, 1.54) is 6.92 Å². The van der Waals surface area contributed by atoms with Crippen LogP contribution in [0.1, 0.15) is 6.92 Å². The molecule has 0 saturated heterocycles. The average molecular weight is 430 g/mol. The molecule has 2 amide bonds. The molecule has 0 fully saturated rings. The fraction of sp³-hybridized carbons (Fsp3) is 0.105. The number of hydrogen-bond donors (Lipinski definition) is 3. The number of rotatable bonds is 6. The van der Waals surface area contributed by atoms with E-state index in [1.54, 1.807) is 48.5 Å². The molecule has 0 aliphatic rings. The highest BCUT2D eigenvalue weighted by atomic mass is 35.5. The number of halogens is 1. The maximum atomic E-state index is 12.4. The van der Waals surface area contributed by atoms with Crippen molar-refractivity contribution in [2.75, 3.05) is 16.4 Å². The van der Waals surface area contributed by atoms with E-state index in [2.05, 4.69) is 25.8 Å². The van der Waals surface area contributed by atoms with Gasteiger partial charge in [-0.3, -0.25) is 19.4 Å². The minimum absolute atomic E-state index is 0.0368. The van der Waals surface area contributed by atoms with Crippen molar-refractivity contribution in [3.8, 4) is 11.3 Å². The molecule has 29 heavy (non-hydrogen) atoms. The highest BCUT2D eigenvalue weighted by molar-refractivity contribution is 7.99. The molecule has 1 heterocycles. The van der Waals surface area contributed by atoms with Gasteiger partial charge in [0.05, 0.1) is 11.4 Å². The van der Waals surface area contributed by atoms with Gasteiger partial charge in [-0.2, -0.15) is 0 Å². The van der Waals surface area contributed by atoms with E-state index in [0.29, 0.717) is 22.0 Å². The molecule has 0 unspecified atom stereocenters. The number of nitrogens with zero attached hydrogens (tertiary/aromatic N) is 2. The predicted molar refractivity (Wildman–Crippen MR) is 113 cm³/mol. The lowest BCUT2D eigenvalue weighted by Crippen LogP contribution is -2.18. The van der Waals surface area contributed by atoms with Crippen LogP contribution in [0.15, 0.2) is 58.5 Å². The number of nitrogens with one attached hydrogen (secondary N) is 3. The third-order valence-corrected chi connectivity index (χ3v) is 4.75. The molecule has 0 aliphatic carbocycles. The van der Waals surface area contributed by atoms with Gasteiger partial charge in [0.25, 0.3) is 5.56 Å². The normalized spacial score (nSPS) is 10.4. The van der Waals surface area contributed by atoms with E-state index in [9.17, 15) is 14.4 Å². The molecule has 0 radical (unpaired) electrons. The highest BCUT2D eigenvalue weighted by Gasteiger charge is 2.13. The van der Waals surface area contributed by atoms with Gasteiger partial charge in [0.15, 0.2) is 10.9 Å². The van der Waals surface area contributed by atoms with Crippen LogP contribution in [-0.4, -0.2) is 32.7 Å². The zero-order chi connectivity index (χ0) is 20.8. The molecule has 0 aliphatic heterocycles. The number of carbonyl (C=O) groups excluding carboxylic acids is 2. The maximum Gasteiger partial charge on any atom is 0.278 e. The zero-order valence-corrected chi connectivity index (χ0v) is 16.8. The molecule has 3 N–H and O–H groups in total. The molecule has 0 spiro atoms. The Labute approximate surface area is 175 Å². The lowest BCUT2D eigenvalue weighted by molar-refractivity contribution is -0.114. The maximum absolute atomic E-state index is 12.4. The van der Waals surface area contributed by atoms with Crippen LogP contribution in [0.2, 0.25) is 5.02 Å². The van der Waals surface area contributed by atoms with Crippen molar-refractivity contribution in [3.05, 3.63) is 63.9 Å². The molecule has 8 nitrogen and oxygen atoms in total. The van der Waals surface area contributed by atoms with Gasteiger partial charge in [-0.25, -0.2) is 0 Å². The smallest absolute Gasteiger partial charge is 0.278 e. The van der Waals surface area contributed by atoms with Crippen LogP contribution in [-0.2, 0) is 9.59 Å². The Hall–Kier alpha value is -3.17. The Kier molecular flexibility index (Phi) is 6.63. The molecule has 0 bridgehead atoms. The second kappa shape index (κ2) is 9.35. The first-order valence-corrected chi connectivity index (χ1v) is 9.81. The van der Waals surface area contributed by atoms with E-state index < -0.39 is 5.56 Å². The number of hydrogen-bond acceptors (Lipinski definition) is 6. The molecule has 0 saturated carbocycles. The van der Waals surface area contributed by atoms with Gasteiger partial charge < -0.3 is 10.6 Å². The lowest BCUT2D eigenvalue weighted by atomic mass is 10.1. The van der Waals surface area contributed by atoms with Gasteiger partial charge in [0.1, 0.15) is 0 Å². The summed E-state index contributed by atoms with van der Waals surface area (Å²) in [5.74, 6) is -0.490. The van der Waals surface area contributed by atoms with Crippen LogP contribution in [0.25, 0.3) is 11.3 Å². The van der Waals surface area contributed by atoms with E-state index in [4.69, 9.17) is 11.6 Å². The Bertz CT molecular complexity index is 1100. The minimum atomic E-state index is -0.474. The first kappa shape index (κ1) is 20.6. The fourth-order valence-corrected chi connectivity index (χ4v) is 3.15. The summed E-state index contributed by atoms with van der Waals surface area (Å²) in [5.41, 5.74) is 1.13. The van der Waals surface area contributed by atoms with E-state index in [1.807, 2.05) is 0 Å². The standard InChI is InChI=1S/C19H16ClN5O3S/c1-11(26)21-15-5-3-2-4-14(15)17-18(28)23-19(25-24-17)29-10-16(27)22-13-8-6-12(20)7-9-13/h2-9H,10H2,1H3,(H,21,26)(H,22,27)(H,23,25,28). The van der Waals surface area contributed by atoms with Crippen LogP contribution in [0, 0.1) is 0 Å². The third kappa shape index (κ3) is 5.66. The summed E-state index contributed by atoms with van der Waals surface area (Å²) in [6.45, 7) is 1.38. The van der Waals surface area contributed by atoms with E-state index >= 15 is 0 Å². The van der Waals surface area contributed by atoms with E-state index in [0.717, 1.165) is 11.8 Å². The van der Waals surface area contributed by atoms with Gasteiger partial charge in [-0.15, -0.1) is 10.2 Å². The summed E-state index contributed by atoms with van der Waals surface area (Å²) in [6, 6.07) is 13.5. The number of H-pyrrole nitrogens is 1. The Morgan fingerprint density at radius 3 is 2.48 bits per heavy atom. The number of benzene rings is 2. The molecular weight excluding hydrogens is 414 g/mol. The number of aromatic nitrogens is 3. The summed E-state index contributed by atoms with van der Waals surface area (Å²) in [6.07, 6.45) is 0. The molecular formula is C19H16ClN5O3S. The fourth-order valence-electron chi connectivity index (χ4n) is 2.42. The van der Waals surface area contributed by atoms with Gasteiger partial charge in [0.2, 0.25) is 11.8 Å². The molecule has 148 valence electrons. The lowest BCUT2D eigenvalue weighted by Gasteiger charge is -2.08. The topological polar surface area (TPSA) is 117 Å². The van der Waals surface area contributed by atoms with Crippen molar-refractivity contribution in [1.82, 2.24) is 15.2 Å². The van der Waals surface area contributed by atoms with Crippen LogP contribution >= 0.6 is 23.4 Å². The molecule has 0 atom stereocenters. The molecule has 3 aromatic rings. The number of anilines is 2. The Morgan fingerprint density at radius 2 is 1.79 bits per heavy atom. The quantitative estimate of drug-likeness (QED) is 0.518. The zero-order valence-electron chi connectivity index (χ0n) is 15.2. The summed E-state index contributed by atoms with van der Waals surface area (Å²) in [7, 11) is 0. The van der Waals surface area contributed by atoms with Crippen LogP contribution in [0.5, 0.6) is 0 Å². The molecule has 3 rings (SSSR count). The number of thioether (sulfide) groups is 1. The Balaban J connectivity index is 1.69. The monoisotopic (exact) mass is 429 g/mol. The molecule has 1 aromatic heterocycles. The second-order valence-corrected chi connectivity index (χ2v) is 7.28. The summed E-state index contributed by atoms with van der Waals surface area (Å²) in [4.78, 5) is 38.5. The summed E-state index contributed by atoms with van der Waals surface area (Å²) < 4.78 is 0. The van der Waals surface area contributed by atoms with Crippen molar-refractivity contribution < 1.29 is 9.59 Å². The first-order valence-electron chi connectivity index (χ1n) is 8.44. The van der Waals surface area contributed by atoms with Crippen LogP contribution in [0.4, 0.5) is 11.4 Å². The van der Waals surface area contributed by atoms with Crippen molar-refractivity contribution in [2.45, 2.75) is 12.1 Å². The largest absolute Gasteiger partial charge is 0.326 e. The van der Waals surface area contributed by atoms with E-state index in [-0.39, 0.29) is 28.4 Å². The number of amides is 2. The van der Waals surface area contributed by atoms with Crippen molar-refractivity contribution in [2.24, 2.45) is 0 Å². The van der Waals surface area contributed by atoms with Crippen molar-refractivity contribution >= 4 is 46.6 Å². The van der Waals surface area contributed by atoms with Gasteiger partial charge >= 0.3 is 0 Å². The Morgan fingerprint density at radius 1 is 1.07 bits per heavy atom. The predicted octanol–water partition coefficient (Wildman–Crippen LogP) is 3.17. The van der Waals surface area contributed by atoms with Crippen molar-refractivity contribution in [1.29, 1.82) is 0 Å². The third-order valence-electron chi connectivity index (χ3n) is 3.64. The van der Waals surface area contributed by atoms with Crippen LogP contribution < -0.4 is 16.2 Å². The average Bonchev–Trinajstić information content (AvgIpc) is 2.68. The van der Waals surface area contributed by atoms with Crippen LogP contribution in [0.3, 0.4) is 0 Å². The van der Waals surface area contributed by atoms with Gasteiger partial charge in [0, 0.05) is 23.2 Å². The van der Waals surface area contributed by atoms with Crippen molar-refractivity contribution in [3.63, 3.8) is 0 Å². The highest BCUT2D eigenvalue weighted by Crippen LogP contribution is 2.24. The van der Waals surface area contributed by atoms with Gasteiger partial charge in [-0.1, -0.05) is 41.6 Å². The summed E-state index contributed by atoms with van der Waals surface area (Å²) in [5, 5.41) is 14.1. The number of para-hydroxylation sites is 1. The minimum Gasteiger partial charge on any atom is -0.326 e. The molecule has 10 heteroatoms. The molecule has 2 aromatic carbocycles. The SMILES string of the molecule is CC(=O)Nc1ccccc1-c1nnc(SCC(=O)Nc2ccc(Cl)cc2)[nH]c1=O.